The van der Waals surface area contributed by atoms with Crippen LogP contribution in [-0.4, -0.2) is 65.7 Å². The van der Waals surface area contributed by atoms with Crippen LogP contribution in [0.5, 0.6) is 0 Å². The number of benzene rings is 2. The third kappa shape index (κ3) is 10.3. The maximum absolute atomic E-state index is 12.8. The van der Waals surface area contributed by atoms with Gasteiger partial charge in [-0.3, -0.25) is 9.69 Å². The van der Waals surface area contributed by atoms with Gasteiger partial charge in [0.1, 0.15) is 0 Å². The first-order valence-electron chi connectivity index (χ1n) is 13.3. The van der Waals surface area contributed by atoms with E-state index in [2.05, 4.69) is 46.3 Å². The Bertz CT molecular complexity index is 1180. The van der Waals surface area contributed by atoms with Crippen LogP contribution in [0.4, 0.5) is 18.9 Å². The fourth-order valence-electron chi connectivity index (χ4n) is 4.46. The molecule has 1 aliphatic rings. The highest BCUT2D eigenvalue weighted by molar-refractivity contribution is 7.20. The van der Waals surface area contributed by atoms with Gasteiger partial charge in [0.2, 0.25) is 0 Å². The van der Waals surface area contributed by atoms with Crippen molar-refractivity contribution in [2.45, 2.75) is 51.7 Å². The quantitative estimate of drug-likeness (QED) is 0.278. The highest BCUT2D eigenvalue weighted by atomic mass is 32.1. The molecule has 2 aromatic carbocycles. The second kappa shape index (κ2) is 15.0. The van der Waals surface area contributed by atoms with Gasteiger partial charge >= 0.3 is 12.1 Å². The van der Waals surface area contributed by atoms with Crippen molar-refractivity contribution in [3.05, 3.63) is 65.0 Å². The number of halogens is 3. The van der Waals surface area contributed by atoms with Gasteiger partial charge in [0.25, 0.3) is 5.91 Å². The Morgan fingerprint density at radius 2 is 1.67 bits per heavy atom. The SMILES string of the molecule is CCCCCCN1CCCN(Cc2cccc(NC(=O)c3cc4ccccc4s3)c2)CC1.O=C(O)C(F)(F)F. The van der Waals surface area contributed by atoms with Gasteiger partial charge in [0.05, 0.1) is 4.88 Å². The molecule has 0 unspecified atom stereocenters. The van der Waals surface area contributed by atoms with Crippen LogP contribution >= 0.6 is 11.3 Å². The van der Waals surface area contributed by atoms with Gasteiger partial charge in [0.15, 0.2) is 0 Å². The van der Waals surface area contributed by atoms with E-state index in [1.54, 1.807) is 11.3 Å². The minimum Gasteiger partial charge on any atom is -0.475 e. The summed E-state index contributed by atoms with van der Waals surface area (Å²) in [5.74, 6) is -2.79. The van der Waals surface area contributed by atoms with E-state index in [4.69, 9.17) is 9.90 Å². The van der Waals surface area contributed by atoms with Crippen molar-refractivity contribution in [3.8, 4) is 0 Å². The average Bonchev–Trinajstić information content (AvgIpc) is 3.22. The minimum atomic E-state index is -5.08. The van der Waals surface area contributed by atoms with E-state index in [0.29, 0.717) is 0 Å². The summed E-state index contributed by atoms with van der Waals surface area (Å²) < 4.78 is 32.9. The molecule has 39 heavy (non-hydrogen) atoms. The number of amides is 1. The van der Waals surface area contributed by atoms with Crippen LogP contribution in [0, 0.1) is 0 Å². The maximum Gasteiger partial charge on any atom is 0.490 e. The van der Waals surface area contributed by atoms with E-state index >= 15 is 0 Å². The Hall–Kier alpha value is -2.95. The normalized spacial score (nSPS) is 14.9. The lowest BCUT2D eigenvalue weighted by molar-refractivity contribution is -0.192. The van der Waals surface area contributed by atoms with Crippen LogP contribution in [0.1, 0.15) is 54.3 Å². The molecule has 0 saturated carbocycles. The zero-order valence-corrected chi connectivity index (χ0v) is 23.0. The number of nitrogens with zero attached hydrogens (tertiary/aromatic N) is 2. The van der Waals surface area contributed by atoms with Crippen LogP contribution in [0.2, 0.25) is 0 Å². The number of fused-ring (bicyclic) bond motifs is 1. The fourth-order valence-corrected chi connectivity index (χ4v) is 5.42. The molecule has 0 aliphatic carbocycles. The molecular weight excluding hydrogens is 527 g/mol. The topological polar surface area (TPSA) is 72.9 Å². The summed E-state index contributed by atoms with van der Waals surface area (Å²) in [6.07, 6.45) is 1.50. The largest absolute Gasteiger partial charge is 0.490 e. The number of thiophene rings is 1. The molecule has 2 N–H and O–H groups in total. The molecule has 0 radical (unpaired) electrons. The molecule has 212 valence electrons. The van der Waals surface area contributed by atoms with Gasteiger partial charge in [-0.15, -0.1) is 11.3 Å². The van der Waals surface area contributed by atoms with Crippen LogP contribution in [0.25, 0.3) is 10.1 Å². The molecule has 6 nitrogen and oxygen atoms in total. The van der Waals surface area contributed by atoms with Crippen LogP contribution in [-0.2, 0) is 11.3 Å². The molecule has 10 heteroatoms. The molecule has 1 saturated heterocycles. The third-order valence-electron chi connectivity index (χ3n) is 6.49. The van der Waals surface area contributed by atoms with E-state index in [1.165, 1.54) is 50.8 Å². The molecule has 0 spiro atoms. The number of carboxylic acid groups (broad SMARTS) is 1. The molecule has 1 fully saturated rings. The van der Waals surface area contributed by atoms with Crippen molar-refractivity contribution in [1.82, 2.24) is 9.80 Å². The number of anilines is 1. The second-order valence-corrected chi connectivity index (χ2v) is 10.7. The first kappa shape index (κ1) is 30.6. The van der Waals surface area contributed by atoms with Crippen molar-refractivity contribution in [2.75, 3.05) is 38.0 Å². The van der Waals surface area contributed by atoms with Crippen molar-refractivity contribution in [2.24, 2.45) is 0 Å². The number of hydrogen-bond donors (Lipinski definition) is 2. The molecular formula is C29H36F3N3O3S. The van der Waals surface area contributed by atoms with Gasteiger partial charge in [-0.25, -0.2) is 4.79 Å². The summed E-state index contributed by atoms with van der Waals surface area (Å²) in [7, 11) is 0. The van der Waals surface area contributed by atoms with E-state index in [1.807, 2.05) is 30.3 Å². The standard InChI is InChI=1S/C27H35N3OS.C2HF3O2/c1-2-3-4-7-14-29-15-9-16-30(18-17-29)21-22-10-8-12-24(19-22)28-27(31)26-20-23-11-5-6-13-25(23)32-26;3-2(4,5)1(6)7/h5-6,8,10-13,19-20H,2-4,7,9,14-18,21H2,1H3,(H,28,31);(H,6,7). The molecule has 3 aromatic rings. The number of carboxylic acids is 1. The highest BCUT2D eigenvalue weighted by Crippen LogP contribution is 2.26. The Balaban J connectivity index is 0.000000532. The van der Waals surface area contributed by atoms with Crippen molar-refractivity contribution >= 4 is 39.0 Å². The van der Waals surface area contributed by atoms with Gasteiger partial charge in [-0.1, -0.05) is 56.5 Å². The number of unbranched alkanes of at least 4 members (excludes halogenated alkanes) is 3. The summed E-state index contributed by atoms with van der Waals surface area (Å²) in [4.78, 5) is 27.6. The number of carbonyl (C=O) groups excluding carboxylic acids is 1. The molecule has 0 bridgehead atoms. The molecule has 1 amide bonds. The average molecular weight is 564 g/mol. The van der Waals surface area contributed by atoms with E-state index in [9.17, 15) is 18.0 Å². The Labute approximate surface area is 231 Å². The summed E-state index contributed by atoms with van der Waals surface area (Å²) in [5, 5.41) is 11.3. The predicted octanol–water partition coefficient (Wildman–Crippen LogP) is 6.87. The monoisotopic (exact) mass is 563 g/mol. The van der Waals surface area contributed by atoms with Gasteiger partial charge < -0.3 is 15.3 Å². The van der Waals surface area contributed by atoms with Crippen molar-refractivity contribution in [1.29, 1.82) is 0 Å². The smallest absolute Gasteiger partial charge is 0.475 e. The number of nitrogens with one attached hydrogen (secondary N) is 1. The van der Waals surface area contributed by atoms with Gasteiger partial charge in [-0.2, -0.15) is 13.2 Å². The van der Waals surface area contributed by atoms with Crippen molar-refractivity contribution < 1.29 is 27.9 Å². The zero-order valence-electron chi connectivity index (χ0n) is 22.2. The Morgan fingerprint density at radius 3 is 2.38 bits per heavy atom. The first-order chi connectivity index (χ1) is 18.7. The second-order valence-electron chi connectivity index (χ2n) is 9.64. The van der Waals surface area contributed by atoms with Crippen molar-refractivity contribution in [3.63, 3.8) is 0 Å². The minimum absolute atomic E-state index is 0.0307. The van der Waals surface area contributed by atoms with Crippen LogP contribution in [0.3, 0.4) is 0 Å². The van der Waals surface area contributed by atoms with Gasteiger partial charge in [0, 0.05) is 30.0 Å². The summed E-state index contributed by atoms with van der Waals surface area (Å²) >= 11 is 1.54. The number of rotatable bonds is 9. The maximum atomic E-state index is 12.8. The number of carbonyl (C=O) groups is 2. The summed E-state index contributed by atoms with van der Waals surface area (Å²) in [5.41, 5.74) is 2.13. The third-order valence-corrected chi connectivity index (χ3v) is 7.61. The summed E-state index contributed by atoms with van der Waals surface area (Å²) in [6.45, 7) is 9.09. The number of alkyl halides is 3. The lowest BCUT2D eigenvalue weighted by Crippen LogP contribution is -2.31. The lowest BCUT2D eigenvalue weighted by atomic mass is 10.1. The predicted molar refractivity (Wildman–Crippen MR) is 150 cm³/mol. The van der Waals surface area contributed by atoms with Crippen LogP contribution < -0.4 is 5.32 Å². The molecule has 1 aromatic heterocycles. The summed E-state index contributed by atoms with van der Waals surface area (Å²) in [6, 6.07) is 18.4. The Morgan fingerprint density at radius 1 is 0.949 bits per heavy atom. The fraction of sp³-hybridized carbons (Fsp3) is 0.448. The molecule has 2 heterocycles. The van der Waals surface area contributed by atoms with E-state index in [-0.39, 0.29) is 5.91 Å². The molecule has 1 aliphatic heterocycles. The highest BCUT2D eigenvalue weighted by Gasteiger charge is 2.38. The number of hydrogen-bond acceptors (Lipinski definition) is 5. The number of aliphatic carboxylic acids is 1. The lowest BCUT2D eigenvalue weighted by Gasteiger charge is -2.22. The molecule has 0 atom stereocenters. The van der Waals surface area contributed by atoms with Crippen LogP contribution in [0.15, 0.2) is 54.6 Å². The Kier molecular flexibility index (Phi) is 11.8. The van der Waals surface area contributed by atoms with Gasteiger partial charge in [-0.05, 0) is 67.7 Å². The molecule has 4 rings (SSSR count). The first-order valence-corrected chi connectivity index (χ1v) is 14.1. The van der Waals surface area contributed by atoms with E-state index < -0.39 is 12.1 Å². The zero-order chi connectivity index (χ0) is 28.3. The van der Waals surface area contributed by atoms with E-state index in [0.717, 1.165) is 46.8 Å².